The van der Waals surface area contributed by atoms with Gasteiger partial charge in [-0.05, 0) is 43.2 Å². The second-order valence-electron chi connectivity index (χ2n) is 7.13. The van der Waals surface area contributed by atoms with Crippen LogP contribution in [0.15, 0.2) is 53.0 Å². The molecule has 0 bridgehead atoms. The minimum atomic E-state index is -0.129. The molecule has 9 heteroatoms. The molecule has 0 spiro atoms. The second-order valence-corrected chi connectivity index (χ2v) is 9.40. The maximum absolute atomic E-state index is 12.4. The number of anilines is 2. The van der Waals surface area contributed by atoms with Gasteiger partial charge in [0.2, 0.25) is 5.91 Å². The number of carbonyl (C=O) groups excluding carboxylic acids is 2. The van der Waals surface area contributed by atoms with Gasteiger partial charge in [0.15, 0.2) is 5.13 Å². The van der Waals surface area contributed by atoms with Crippen molar-refractivity contribution in [3.05, 3.63) is 64.3 Å². The van der Waals surface area contributed by atoms with Gasteiger partial charge >= 0.3 is 0 Å². The fourth-order valence-corrected chi connectivity index (χ4v) is 5.26. The SMILES string of the molecule is CC(=O)N(c1cccc(Cl)c1)c1nc(CSc2ccc(C(=O)N3CCCC3)cn2)cs1. The molecule has 0 atom stereocenters. The lowest BCUT2D eigenvalue weighted by molar-refractivity contribution is -0.115. The Morgan fingerprint density at radius 2 is 2.03 bits per heavy atom. The average molecular weight is 473 g/mol. The molecule has 2 amide bonds. The Labute approximate surface area is 194 Å². The fraction of sp³-hybridized carbons (Fsp3) is 0.273. The number of hydrogen-bond acceptors (Lipinski definition) is 6. The van der Waals surface area contributed by atoms with Gasteiger partial charge in [-0.15, -0.1) is 23.1 Å². The Morgan fingerprint density at radius 3 is 2.71 bits per heavy atom. The lowest BCUT2D eigenvalue weighted by Crippen LogP contribution is -2.27. The highest BCUT2D eigenvalue weighted by Gasteiger charge is 2.20. The predicted octanol–water partition coefficient (Wildman–Crippen LogP) is 5.40. The Morgan fingerprint density at radius 1 is 1.23 bits per heavy atom. The molecular formula is C22H21ClN4O2S2. The van der Waals surface area contributed by atoms with Crippen LogP contribution in [0.2, 0.25) is 5.02 Å². The van der Waals surface area contributed by atoms with E-state index in [4.69, 9.17) is 11.6 Å². The Bertz CT molecular complexity index is 1080. The Balaban J connectivity index is 1.40. The zero-order chi connectivity index (χ0) is 21.8. The van der Waals surface area contributed by atoms with Crippen molar-refractivity contribution in [3.63, 3.8) is 0 Å². The first-order chi connectivity index (χ1) is 15.0. The third-order valence-electron chi connectivity index (χ3n) is 4.86. The van der Waals surface area contributed by atoms with Crippen LogP contribution in [0.3, 0.4) is 0 Å². The van der Waals surface area contributed by atoms with Gasteiger partial charge in [-0.25, -0.2) is 9.97 Å². The molecule has 31 heavy (non-hydrogen) atoms. The molecule has 3 heterocycles. The van der Waals surface area contributed by atoms with Crippen LogP contribution in [0.4, 0.5) is 10.8 Å². The number of pyridine rings is 1. The number of rotatable bonds is 6. The summed E-state index contributed by atoms with van der Waals surface area (Å²) in [5.41, 5.74) is 2.17. The van der Waals surface area contributed by atoms with Crippen molar-refractivity contribution in [1.29, 1.82) is 0 Å². The zero-order valence-corrected chi connectivity index (χ0v) is 19.3. The molecule has 6 nitrogen and oxygen atoms in total. The van der Waals surface area contributed by atoms with Crippen molar-refractivity contribution in [2.75, 3.05) is 18.0 Å². The maximum Gasteiger partial charge on any atom is 0.255 e. The van der Waals surface area contributed by atoms with Crippen LogP contribution < -0.4 is 4.90 Å². The third kappa shape index (κ3) is 5.26. The minimum Gasteiger partial charge on any atom is -0.339 e. The van der Waals surface area contributed by atoms with Gasteiger partial charge < -0.3 is 4.90 Å². The molecule has 0 radical (unpaired) electrons. The van der Waals surface area contributed by atoms with Crippen LogP contribution in [0.1, 0.15) is 35.8 Å². The summed E-state index contributed by atoms with van der Waals surface area (Å²) in [5.74, 6) is 0.538. The predicted molar refractivity (Wildman–Crippen MR) is 125 cm³/mol. The van der Waals surface area contributed by atoms with Crippen molar-refractivity contribution in [3.8, 4) is 0 Å². The van der Waals surface area contributed by atoms with E-state index in [9.17, 15) is 9.59 Å². The number of carbonyl (C=O) groups is 2. The molecule has 1 saturated heterocycles. The van der Waals surface area contributed by atoms with E-state index in [1.54, 1.807) is 35.0 Å². The number of benzene rings is 1. The van der Waals surface area contributed by atoms with Crippen LogP contribution in [-0.4, -0.2) is 39.8 Å². The highest BCUT2D eigenvalue weighted by atomic mass is 35.5. The van der Waals surface area contributed by atoms with Crippen molar-refractivity contribution in [1.82, 2.24) is 14.9 Å². The van der Waals surface area contributed by atoms with Crippen molar-refractivity contribution >= 4 is 57.3 Å². The summed E-state index contributed by atoms with van der Waals surface area (Å²) in [6.07, 6.45) is 3.79. The zero-order valence-electron chi connectivity index (χ0n) is 17.0. The standard InChI is InChI=1S/C22H21ClN4O2S2/c1-15(28)27(19-6-4-5-17(23)11-19)22-25-18(14-31-22)13-30-20-8-7-16(12-24-20)21(29)26-9-2-3-10-26/h4-8,11-12,14H,2-3,9-10,13H2,1H3. The van der Waals surface area contributed by atoms with E-state index >= 15 is 0 Å². The molecule has 4 rings (SSSR count). The first-order valence-electron chi connectivity index (χ1n) is 9.90. The highest BCUT2D eigenvalue weighted by Crippen LogP contribution is 2.32. The minimum absolute atomic E-state index is 0.0519. The molecule has 3 aromatic rings. The van der Waals surface area contributed by atoms with Crippen LogP contribution in [0.25, 0.3) is 0 Å². The van der Waals surface area contributed by atoms with Crippen molar-refractivity contribution in [2.45, 2.75) is 30.5 Å². The van der Waals surface area contributed by atoms with Crippen LogP contribution in [0.5, 0.6) is 0 Å². The molecule has 1 aliphatic rings. The summed E-state index contributed by atoms with van der Waals surface area (Å²) in [6, 6.07) is 10.9. The molecule has 2 aromatic heterocycles. The third-order valence-corrected chi connectivity index (χ3v) is 6.94. The molecule has 1 aromatic carbocycles. The van der Waals surface area contributed by atoms with Crippen LogP contribution in [0, 0.1) is 0 Å². The first kappa shape index (κ1) is 21.8. The lowest BCUT2D eigenvalue weighted by Gasteiger charge is -2.18. The van der Waals surface area contributed by atoms with E-state index in [2.05, 4.69) is 9.97 Å². The van der Waals surface area contributed by atoms with E-state index in [1.807, 2.05) is 34.5 Å². The number of thioether (sulfide) groups is 1. The monoisotopic (exact) mass is 472 g/mol. The number of aromatic nitrogens is 2. The van der Waals surface area contributed by atoms with Gasteiger partial charge in [-0.1, -0.05) is 17.7 Å². The number of likely N-dealkylation sites (tertiary alicyclic amines) is 1. The van der Waals surface area contributed by atoms with Crippen molar-refractivity contribution < 1.29 is 9.59 Å². The van der Waals surface area contributed by atoms with Crippen LogP contribution >= 0.6 is 34.7 Å². The van der Waals surface area contributed by atoms with Gasteiger partial charge in [-0.2, -0.15) is 0 Å². The van der Waals surface area contributed by atoms with Gasteiger partial charge in [0.1, 0.15) is 0 Å². The smallest absolute Gasteiger partial charge is 0.255 e. The normalized spacial score (nSPS) is 13.4. The van der Waals surface area contributed by atoms with Crippen LogP contribution in [-0.2, 0) is 10.5 Å². The van der Waals surface area contributed by atoms with Gasteiger partial charge in [-0.3, -0.25) is 14.5 Å². The van der Waals surface area contributed by atoms with Gasteiger partial charge in [0, 0.05) is 42.4 Å². The molecule has 1 aliphatic heterocycles. The van der Waals surface area contributed by atoms with Gasteiger partial charge in [0.05, 0.1) is 22.0 Å². The molecule has 0 aliphatic carbocycles. The topological polar surface area (TPSA) is 66.4 Å². The number of halogens is 1. The lowest BCUT2D eigenvalue weighted by atomic mass is 10.2. The molecule has 0 saturated carbocycles. The second kappa shape index (κ2) is 9.80. The number of nitrogens with zero attached hydrogens (tertiary/aromatic N) is 4. The quantitative estimate of drug-likeness (QED) is 0.449. The summed E-state index contributed by atoms with van der Waals surface area (Å²) in [4.78, 5) is 37.1. The number of thiazole rings is 1. The maximum atomic E-state index is 12.4. The Hall–Kier alpha value is -2.42. The van der Waals surface area contributed by atoms with Crippen molar-refractivity contribution in [2.24, 2.45) is 0 Å². The molecule has 0 N–H and O–H groups in total. The molecular weight excluding hydrogens is 452 g/mol. The molecule has 0 unspecified atom stereocenters. The summed E-state index contributed by atoms with van der Waals surface area (Å²) in [6.45, 7) is 3.16. The first-order valence-corrected chi connectivity index (χ1v) is 12.1. The largest absolute Gasteiger partial charge is 0.339 e. The average Bonchev–Trinajstić information content (AvgIpc) is 3.45. The van der Waals surface area contributed by atoms with E-state index in [0.717, 1.165) is 36.7 Å². The fourth-order valence-electron chi connectivity index (χ4n) is 3.35. The number of hydrogen-bond donors (Lipinski definition) is 0. The number of amides is 2. The molecule has 1 fully saturated rings. The summed E-state index contributed by atoms with van der Waals surface area (Å²) >= 11 is 9.03. The van der Waals surface area contributed by atoms with Gasteiger partial charge in [0.25, 0.3) is 5.91 Å². The summed E-state index contributed by atoms with van der Waals surface area (Å²) in [7, 11) is 0. The molecule has 160 valence electrons. The van der Waals surface area contributed by atoms with E-state index < -0.39 is 0 Å². The highest BCUT2D eigenvalue weighted by molar-refractivity contribution is 7.98. The van der Waals surface area contributed by atoms with E-state index in [1.165, 1.54) is 18.3 Å². The summed E-state index contributed by atoms with van der Waals surface area (Å²) in [5, 5.41) is 3.93. The summed E-state index contributed by atoms with van der Waals surface area (Å²) < 4.78 is 0. The van der Waals surface area contributed by atoms with E-state index in [0.29, 0.717) is 27.2 Å². The van der Waals surface area contributed by atoms with E-state index in [-0.39, 0.29) is 11.8 Å². The Kier molecular flexibility index (Phi) is 6.89.